The molecule has 138 valence electrons. The molecular formula is C18H21N3O5. The number of nitrogens with one attached hydrogen (secondary N) is 3. The summed E-state index contributed by atoms with van der Waals surface area (Å²) in [4.78, 5) is 34.7. The Morgan fingerprint density at radius 1 is 1.08 bits per heavy atom. The highest BCUT2D eigenvalue weighted by molar-refractivity contribution is 5.94. The number of furan rings is 1. The molecule has 8 heteroatoms. The van der Waals surface area contributed by atoms with Crippen LogP contribution < -0.4 is 16.0 Å². The Morgan fingerprint density at radius 2 is 1.77 bits per heavy atom. The molecule has 8 nitrogen and oxygen atoms in total. The molecule has 26 heavy (non-hydrogen) atoms. The number of carboxylic acids is 1. The molecule has 0 fully saturated rings. The van der Waals surface area contributed by atoms with Gasteiger partial charge >= 0.3 is 12.0 Å². The van der Waals surface area contributed by atoms with E-state index < -0.39 is 23.3 Å². The van der Waals surface area contributed by atoms with Crippen LogP contribution in [0.5, 0.6) is 0 Å². The van der Waals surface area contributed by atoms with Gasteiger partial charge in [0.25, 0.3) is 0 Å². The number of benzene rings is 1. The molecule has 0 aliphatic carbocycles. The Labute approximate surface area is 150 Å². The number of aliphatic carboxylic acids is 1. The first-order chi connectivity index (χ1) is 12.3. The predicted molar refractivity (Wildman–Crippen MR) is 94.7 cm³/mol. The van der Waals surface area contributed by atoms with Gasteiger partial charge < -0.3 is 25.5 Å². The van der Waals surface area contributed by atoms with Gasteiger partial charge in [-0.3, -0.25) is 9.59 Å². The minimum atomic E-state index is -1.02. The average Bonchev–Trinajstić information content (AvgIpc) is 3.12. The molecule has 0 aliphatic heterocycles. The van der Waals surface area contributed by atoms with Gasteiger partial charge in [-0.1, -0.05) is 12.1 Å². The van der Waals surface area contributed by atoms with Crippen molar-refractivity contribution < 1.29 is 23.9 Å². The average molecular weight is 359 g/mol. The molecule has 2 aromatic rings. The summed E-state index contributed by atoms with van der Waals surface area (Å²) in [6.07, 6.45) is 1.51. The Balaban J connectivity index is 1.78. The largest absolute Gasteiger partial charge is 0.481 e. The molecule has 2 rings (SSSR count). The number of carbonyl (C=O) groups is 3. The fourth-order valence-electron chi connectivity index (χ4n) is 2.10. The maximum absolute atomic E-state index is 11.9. The van der Waals surface area contributed by atoms with E-state index in [2.05, 4.69) is 16.0 Å². The second-order valence-electron chi connectivity index (χ2n) is 6.17. The lowest BCUT2D eigenvalue weighted by Crippen LogP contribution is -2.39. The summed E-state index contributed by atoms with van der Waals surface area (Å²) >= 11 is 0. The molecule has 0 radical (unpaired) electrons. The summed E-state index contributed by atoms with van der Waals surface area (Å²) in [7, 11) is 0. The third kappa shape index (κ3) is 5.10. The Bertz CT molecular complexity index is 767. The summed E-state index contributed by atoms with van der Waals surface area (Å²) < 4.78 is 5.08. The topological polar surface area (TPSA) is 121 Å². The van der Waals surface area contributed by atoms with E-state index in [4.69, 9.17) is 4.42 Å². The van der Waals surface area contributed by atoms with Crippen LogP contribution >= 0.6 is 0 Å². The number of carbonyl (C=O) groups excluding carboxylic acids is 2. The van der Waals surface area contributed by atoms with Crippen molar-refractivity contribution in [3.63, 3.8) is 0 Å². The standard InChI is InChI=1S/C18H21N3O5/c1-18(2,16(23)24)12-5-7-13(8-6-12)21-15(22)11-20-17(25)19-10-14-4-3-9-26-14/h3-9H,10-11H2,1-2H3,(H,21,22)(H,23,24)(H2,19,20,25). The smallest absolute Gasteiger partial charge is 0.315 e. The van der Waals surface area contributed by atoms with Crippen molar-refractivity contribution in [1.82, 2.24) is 10.6 Å². The Hall–Kier alpha value is -3.29. The van der Waals surface area contributed by atoms with Crippen LogP contribution in [0.3, 0.4) is 0 Å². The maximum Gasteiger partial charge on any atom is 0.315 e. The molecular weight excluding hydrogens is 338 g/mol. The summed E-state index contributed by atoms with van der Waals surface area (Å²) in [6, 6.07) is 9.48. The number of carboxylic acid groups (broad SMARTS) is 1. The Kier molecular flexibility index (Phi) is 6.00. The second kappa shape index (κ2) is 8.19. The molecule has 0 unspecified atom stereocenters. The van der Waals surface area contributed by atoms with Gasteiger partial charge in [-0.25, -0.2) is 4.79 Å². The van der Waals surface area contributed by atoms with Gasteiger partial charge in [0.1, 0.15) is 5.76 Å². The molecule has 1 aromatic carbocycles. The van der Waals surface area contributed by atoms with Crippen molar-refractivity contribution >= 4 is 23.6 Å². The summed E-state index contributed by atoms with van der Waals surface area (Å²) in [5.41, 5.74) is 0.118. The summed E-state index contributed by atoms with van der Waals surface area (Å²) in [5.74, 6) is -0.726. The lowest BCUT2D eigenvalue weighted by Gasteiger charge is -2.19. The van der Waals surface area contributed by atoms with Gasteiger partial charge in [-0.2, -0.15) is 0 Å². The van der Waals surface area contributed by atoms with Gasteiger partial charge in [0.05, 0.1) is 24.8 Å². The van der Waals surface area contributed by atoms with Gasteiger partial charge in [0, 0.05) is 5.69 Å². The van der Waals surface area contributed by atoms with Crippen LogP contribution in [-0.2, 0) is 21.5 Å². The van der Waals surface area contributed by atoms with Crippen molar-refractivity contribution in [1.29, 1.82) is 0 Å². The Morgan fingerprint density at radius 3 is 2.35 bits per heavy atom. The zero-order valence-electron chi connectivity index (χ0n) is 14.5. The normalized spacial score (nSPS) is 10.8. The van der Waals surface area contributed by atoms with Gasteiger partial charge in [0.2, 0.25) is 5.91 Å². The number of urea groups is 1. The highest BCUT2D eigenvalue weighted by Crippen LogP contribution is 2.24. The van der Waals surface area contributed by atoms with Crippen molar-refractivity contribution in [3.05, 3.63) is 54.0 Å². The van der Waals surface area contributed by atoms with E-state index in [0.29, 0.717) is 17.0 Å². The summed E-state index contributed by atoms with van der Waals surface area (Å²) in [5, 5.41) is 16.8. The molecule has 0 atom stereocenters. The van der Waals surface area contributed by atoms with Crippen LogP contribution in [0.25, 0.3) is 0 Å². The van der Waals surface area contributed by atoms with Gasteiger partial charge in [-0.15, -0.1) is 0 Å². The SMILES string of the molecule is CC(C)(C(=O)O)c1ccc(NC(=O)CNC(=O)NCc2ccco2)cc1. The number of hydrogen-bond acceptors (Lipinski definition) is 4. The minimum absolute atomic E-state index is 0.202. The van der Waals surface area contributed by atoms with E-state index in [0.717, 1.165) is 0 Å². The monoisotopic (exact) mass is 359 g/mol. The third-order valence-corrected chi connectivity index (χ3v) is 3.84. The van der Waals surface area contributed by atoms with Crippen LogP contribution in [0.1, 0.15) is 25.2 Å². The zero-order chi connectivity index (χ0) is 19.2. The number of anilines is 1. The van der Waals surface area contributed by atoms with E-state index >= 15 is 0 Å². The van der Waals surface area contributed by atoms with Crippen molar-refractivity contribution in [2.75, 3.05) is 11.9 Å². The summed E-state index contributed by atoms with van der Waals surface area (Å²) in [6.45, 7) is 3.23. The first kappa shape index (κ1) is 19.0. The molecule has 0 saturated carbocycles. The molecule has 0 bridgehead atoms. The molecule has 1 aromatic heterocycles. The quantitative estimate of drug-likeness (QED) is 0.603. The molecule has 0 spiro atoms. The lowest BCUT2D eigenvalue weighted by molar-refractivity contribution is -0.142. The fourth-order valence-corrected chi connectivity index (χ4v) is 2.10. The maximum atomic E-state index is 11.9. The first-order valence-corrected chi connectivity index (χ1v) is 7.97. The van der Waals surface area contributed by atoms with Crippen LogP contribution in [0.2, 0.25) is 0 Å². The second-order valence-corrected chi connectivity index (χ2v) is 6.17. The van der Waals surface area contributed by atoms with Crippen molar-refractivity contribution in [3.8, 4) is 0 Å². The van der Waals surface area contributed by atoms with E-state index in [-0.39, 0.29) is 13.1 Å². The van der Waals surface area contributed by atoms with Crippen LogP contribution in [0, 0.1) is 0 Å². The van der Waals surface area contributed by atoms with E-state index in [1.807, 2.05) is 0 Å². The number of rotatable bonds is 7. The zero-order valence-corrected chi connectivity index (χ0v) is 14.5. The fraction of sp³-hybridized carbons (Fsp3) is 0.278. The van der Waals surface area contributed by atoms with E-state index in [1.165, 1.54) is 6.26 Å². The molecule has 0 aliphatic rings. The number of hydrogen-bond donors (Lipinski definition) is 4. The van der Waals surface area contributed by atoms with Gasteiger partial charge in [-0.05, 0) is 43.7 Å². The van der Waals surface area contributed by atoms with E-state index in [9.17, 15) is 19.5 Å². The number of amides is 3. The molecule has 3 amide bonds. The van der Waals surface area contributed by atoms with Crippen LogP contribution in [-0.4, -0.2) is 29.6 Å². The molecule has 4 N–H and O–H groups in total. The lowest BCUT2D eigenvalue weighted by atomic mass is 9.85. The van der Waals surface area contributed by atoms with Crippen LogP contribution in [0.4, 0.5) is 10.5 Å². The molecule has 0 saturated heterocycles. The predicted octanol–water partition coefficient (Wildman–Crippen LogP) is 2.08. The van der Waals surface area contributed by atoms with Crippen molar-refractivity contribution in [2.24, 2.45) is 0 Å². The minimum Gasteiger partial charge on any atom is -0.481 e. The third-order valence-electron chi connectivity index (χ3n) is 3.84. The van der Waals surface area contributed by atoms with Crippen LogP contribution in [0.15, 0.2) is 47.1 Å². The highest BCUT2D eigenvalue weighted by Gasteiger charge is 2.29. The van der Waals surface area contributed by atoms with Gasteiger partial charge in [0.15, 0.2) is 0 Å². The van der Waals surface area contributed by atoms with E-state index in [1.54, 1.807) is 50.2 Å². The highest BCUT2D eigenvalue weighted by atomic mass is 16.4. The van der Waals surface area contributed by atoms with Crippen molar-refractivity contribution in [2.45, 2.75) is 25.8 Å². The first-order valence-electron chi connectivity index (χ1n) is 7.97. The molecule has 1 heterocycles.